The third kappa shape index (κ3) is 3.83. The maximum Gasteiger partial charge on any atom is 0.407 e. The topological polar surface area (TPSA) is 86.3 Å². The van der Waals surface area contributed by atoms with Crippen molar-refractivity contribution in [3.8, 4) is 11.1 Å². The minimum Gasteiger partial charge on any atom is -0.449 e. The lowest BCUT2D eigenvalue weighted by molar-refractivity contribution is -0.481. The molecule has 7 nitrogen and oxygen atoms in total. The fourth-order valence-corrected chi connectivity index (χ4v) is 4.91. The van der Waals surface area contributed by atoms with Crippen molar-refractivity contribution in [1.82, 2.24) is 5.32 Å². The summed E-state index contributed by atoms with van der Waals surface area (Å²) in [6, 6.07) is 15.4. The molecule has 2 N–H and O–H groups in total. The van der Waals surface area contributed by atoms with Crippen molar-refractivity contribution >= 4 is 6.09 Å². The first-order valence-corrected chi connectivity index (χ1v) is 11.5. The zero-order valence-corrected chi connectivity index (χ0v) is 19.3. The zero-order chi connectivity index (χ0) is 23.3. The molecule has 1 aliphatic carbocycles. The molecule has 0 radical (unpaired) electrons. The Hall–Kier alpha value is -2.45. The van der Waals surface area contributed by atoms with Gasteiger partial charge in [0.05, 0.1) is 25.4 Å². The van der Waals surface area contributed by atoms with E-state index < -0.39 is 23.7 Å². The predicted molar refractivity (Wildman–Crippen MR) is 122 cm³/mol. The number of carbonyl (C=O) groups is 1. The predicted octanol–water partition coefficient (Wildman–Crippen LogP) is 3.79. The summed E-state index contributed by atoms with van der Waals surface area (Å²) in [6.45, 7) is 6.94. The Morgan fingerprint density at radius 2 is 1.61 bits per heavy atom. The van der Waals surface area contributed by atoms with Crippen LogP contribution in [-0.2, 0) is 18.9 Å². The van der Waals surface area contributed by atoms with E-state index in [9.17, 15) is 9.90 Å². The van der Waals surface area contributed by atoms with E-state index in [-0.39, 0.29) is 17.9 Å². The van der Waals surface area contributed by atoms with Crippen LogP contribution in [0.5, 0.6) is 0 Å². The molecule has 3 fully saturated rings. The number of fused-ring (bicyclic) bond motifs is 6. The summed E-state index contributed by atoms with van der Waals surface area (Å²) in [5.41, 5.74) is 3.03. The minimum absolute atomic E-state index is 0.0553. The van der Waals surface area contributed by atoms with Gasteiger partial charge in [0.2, 0.25) is 0 Å². The van der Waals surface area contributed by atoms with Crippen LogP contribution in [-0.4, -0.2) is 55.2 Å². The largest absolute Gasteiger partial charge is 0.449 e. The molecule has 176 valence electrons. The Morgan fingerprint density at radius 3 is 2.12 bits per heavy atom. The van der Waals surface area contributed by atoms with Crippen molar-refractivity contribution in [1.29, 1.82) is 0 Å². The van der Waals surface area contributed by atoms with Gasteiger partial charge in [-0.25, -0.2) is 4.79 Å². The molecule has 33 heavy (non-hydrogen) atoms. The van der Waals surface area contributed by atoms with Crippen LogP contribution in [0.3, 0.4) is 0 Å². The molecule has 0 spiro atoms. The van der Waals surface area contributed by atoms with Gasteiger partial charge in [-0.05, 0) is 35.6 Å². The molecule has 3 aliphatic heterocycles. The van der Waals surface area contributed by atoms with Crippen LogP contribution in [0.15, 0.2) is 48.5 Å². The maximum absolute atomic E-state index is 13.0. The molecule has 0 unspecified atom stereocenters. The molecule has 2 aromatic carbocycles. The molecule has 4 aliphatic rings. The van der Waals surface area contributed by atoms with Crippen LogP contribution < -0.4 is 5.32 Å². The van der Waals surface area contributed by atoms with E-state index in [4.69, 9.17) is 18.9 Å². The number of rotatable bonds is 6. The molecule has 1 amide bonds. The van der Waals surface area contributed by atoms with E-state index in [1.165, 1.54) is 0 Å². The van der Waals surface area contributed by atoms with Gasteiger partial charge in [-0.3, -0.25) is 0 Å². The van der Waals surface area contributed by atoms with E-state index in [1.54, 1.807) is 6.92 Å². The molecule has 0 saturated carbocycles. The number of benzene rings is 2. The molecular formula is C26H31NO6. The van der Waals surface area contributed by atoms with E-state index in [2.05, 4.69) is 29.6 Å². The van der Waals surface area contributed by atoms with Crippen molar-refractivity contribution in [3.05, 3.63) is 59.7 Å². The van der Waals surface area contributed by atoms with Crippen LogP contribution in [0.2, 0.25) is 0 Å². The number of alkyl carbamates (subject to hydrolysis) is 1. The van der Waals surface area contributed by atoms with Gasteiger partial charge in [0.25, 0.3) is 0 Å². The maximum atomic E-state index is 13.0. The summed E-state index contributed by atoms with van der Waals surface area (Å²) in [4.78, 5) is 13.0. The van der Waals surface area contributed by atoms with E-state index >= 15 is 0 Å². The Balaban J connectivity index is 1.32. The van der Waals surface area contributed by atoms with Crippen LogP contribution >= 0.6 is 0 Å². The van der Waals surface area contributed by atoms with Gasteiger partial charge < -0.3 is 29.4 Å². The van der Waals surface area contributed by atoms with Crippen molar-refractivity contribution < 1.29 is 28.8 Å². The number of hydrogen-bond acceptors (Lipinski definition) is 6. The Bertz CT molecular complexity index is 981. The van der Waals surface area contributed by atoms with Crippen LogP contribution in [0.4, 0.5) is 4.79 Å². The fourth-order valence-electron chi connectivity index (χ4n) is 4.91. The third-order valence-corrected chi connectivity index (χ3v) is 7.16. The molecule has 2 atom stereocenters. The lowest BCUT2D eigenvalue weighted by Crippen LogP contribution is -2.72. The first kappa shape index (κ1) is 22.3. The first-order chi connectivity index (χ1) is 15.8. The van der Waals surface area contributed by atoms with Gasteiger partial charge in [-0.15, -0.1) is 0 Å². The van der Waals surface area contributed by atoms with E-state index in [1.807, 2.05) is 38.1 Å². The number of carbonyl (C=O) groups excluding carboxylic acids is 1. The molecule has 2 aromatic rings. The Morgan fingerprint density at radius 1 is 1.09 bits per heavy atom. The minimum atomic E-state index is -1.54. The highest BCUT2D eigenvalue weighted by molar-refractivity contribution is 5.79. The summed E-state index contributed by atoms with van der Waals surface area (Å²) >= 11 is 0. The summed E-state index contributed by atoms with van der Waals surface area (Å²) in [5, 5.41) is 13.9. The van der Waals surface area contributed by atoms with Crippen LogP contribution in [0.1, 0.15) is 44.2 Å². The highest BCUT2D eigenvalue weighted by Gasteiger charge is 2.60. The van der Waals surface area contributed by atoms with E-state index in [0.29, 0.717) is 26.2 Å². The Kier molecular flexibility index (Phi) is 5.48. The van der Waals surface area contributed by atoms with Gasteiger partial charge in [0.1, 0.15) is 12.6 Å². The number of aliphatic hydroxyl groups is 1. The SMILES string of the molecule is CC[C@@](C)(O)[C@H](NC(=O)OCC1c2ccccc2-c2ccccc21)C12OCC(C)(CO1)CO2. The quantitative estimate of drug-likeness (QED) is 0.692. The van der Waals surface area contributed by atoms with Crippen molar-refractivity contribution in [2.75, 3.05) is 26.4 Å². The number of nitrogens with one attached hydrogen (secondary N) is 1. The normalized spacial score (nSPS) is 28.5. The van der Waals surface area contributed by atoms with Gasteiger partial charge in [-0.2, -0.15) is 0 Å². The highest BCUT2D eigenvalue weighted by Crippen LogP contribution is 2.45. The zero-order valence-electron chi connectivity index (χ0n) is 19.3. The lowest BCUT2D eigenvalue weighted by Gasteiger charge is -2.55. The molecule has 3 saturated heterocycles. The second kappa shape index (κ2) is 8.09. The highest BCUT2D eigenvalue weighted by atomic mass is 16.9. The number of ether oxygens (including phenoxy) is 4. The molecule has 6 rings (SSSR count). The average Bonchev–Trinajstić information content (AvgIpc) is 3.16. The summed E-state index contributed by atoms with van der Waals surface area (Å²) in [6.07, 6.45) is -0.296. The first-order valence-electron chi connectivity index (χ1n) is 11.5. The van der Waals surface area contributed by atoms with Crippen molar-refractivity contribution in [2.24, 2.45) is 5.41 Å². The lowest BCUT2D eigenvalue weighted by atomic mass is 9.86. The molecular weight excluding hydrogens is 422 g/mol. The molecule has 7 heteroatoms. The van der Waals surface area contributed by atoms with Gasteiger partial charge in [-0.1, -0.05) is 62.4 Å². The monoisotopic (exact) mass is 453 g/mol. The van der Waals surface area contributed by atoms with Gasteiger partial charge >= 0.3 is 12.1 Å². The molecule has 3 heterocycles. The number of amides is 1. The smallest absolute Gasteiger partial charge is 0.407 e. The third-order valence-electron chi connectivity index (χ3n) is 7.16. The average molecular weight is 454 g/mol. The summed E-state index contributed by atoms with van der Waals surface area (Å²) in [5.74, 6) is -1.59. The summed E-state index contributed by atoms with van der Waals surface area (Å²) < 4.78 is 23.4. The Labute approximate surface area is 194 Å². The van der Waals surface area contributed by atoms with Gasteiger partial charge in [0, 0.05) is 11.3 Å². The van der Waals surface area contributed by atoms with Crippen molar-refractivity contribution in [3.63, 3.8) is 0 Å². The standard InChI is InChI=1S/C26H31NO6/c1-4-25(3,29)22(26-31-14-24(2,15-32-26)16-33-26)27-23(28)30-13-21-19-11-7-5-9-17(19)18-10-6-8-12-20(18)21/h5-12,21-22,29H,4,13-16H2,1-3H3,(H,27,28)/t22-,24?,25+,26?/m0/s1. The van der Waals surface area contributed by atoms with E-state index in [0.717, 1.165) is 22.3 Å². The second-order valence-corrected chi connectivity index (χ2v) is 9.89. The molecule has 0 aromatic heterocycles. The van der Waals surface area contributed by atoms with Gasteiger partial charge in [0.15, 0.2) is 0 Å². The fraction of sp³-hybridized carbons (Fsp3) is 0.500. The summed E-state index contributed by atoms with van der Waals surface area (Å²) in [7, 11) is 0. The molecule has 2 bridgehead atoms. The second-order valence-electron chi connectivity index (χ2n) is 9.89. The van der Waals surface area contributed by atoms with Crippen molar-refractivity contribution in [2.45, 2.75) is 50.7 Å². The van der Waals surface area contributed by atoms with Crippen LogP contribution in [0, 0.1) is 5.41 Å². The van der Waals surface area contributed by atoms with Crippen LogP contribution in [0.25, 0.3) is 11.1 Å². The number of hydrogen-bond donors (Lipinski definition) is 2.